The van der Waals surface area contributed by atoms with Gasteiger partial charge >= 0.3 is 0 Å². The summed E-state index contributed by atoms with van der Waals surface area (Å²) in [5.41, 5.74) is 2.35. The van der Waals surface area contributed by atoms with Crippen LogP contribution in [0.4, 0.5) is 5.69 Å². The Kier molecular flexibility index (Phi) is 4.91. The highest BCUT2D eigenvalue weighted by atomic mass is 32.1. The van der Waals surface area contributed by atoms with Crippen LogP contribution < -0.4 is 4.90 Å². The van der Waals surface area contributed by atoms with Crippen LogP contribution in [0.5, 0.6) is 11.5 Å². The average molecular weight is 364 g/mol. The van der Waals surface area contributed by atoms with Crippen LogP contribution in [0.25, 0.3) is 10.8 Å². The standard InChI is InChI=1S/C21H20N2O2S/c1-13-11-19(24)20(25)12-17(13)21(22-3)23(14(2)26)18-10-6-8-15-7-4-5-9-16(15)18/h4-12,24-26H,2H2,1,3H3. The van der Waals surface area contributed by atoms with Crippen LogP contribution in [0.15, 0.2) is 71.2 Å². The van der Waals surface area contributed by atoms with Gasteiger partial charge in [-0.1, -0.05) is 43.0 Å². The fourth-order valence-electron chi connectivity index (χ4n) is 3.04. The molecule has 0 unspecified atom stereocenters. The Bertz CT molecular complexity index is 1020. The predicted octanol–water partition coefficient (Wildman–Crippen LogP) is 4.84. The van der Waals surface area contributed by atoms with E-state index in [9.17, 15) is 10.2 Å². The number of aromatic hydroxyl groups is 2. The minimum absolute atomic E-state index is 0.164. The topological polar surface area (TPSA) is 56.1 Å². The van der Waals surface area contributed by atoms with Crippen molar-refractivity contribution in [1.29, 1.82) is 0 Å². The number of hydrogen-bond acceptors (Lipinski definition) is 4. The summed E-state index contributed by atoms with van der Waals surface area (Å²) in [5, 5.41) is 22.3. The van der Waals surface area contributed by atoms with Crippen LogP contribution in [0, 0.1) is 6.92 Å². The predicted molar refractivity (Wildman–Crippen MR) is 112 cm³/mol. The average Bonchev–Trinajstić information content (AvgIpc) is 2.62. The number of fused-ring (bicyclic) bond motifs is 1. The lowest BCUT2D eigenvalue weighted by molar-refractivity contribution is 0.403. The summed E-state index contributed by atoms with van der Waals surface area (Å²) < 4.78 is 0. The Hall–Kier alpha value is -2.92. The quantitative estimate of drug-likeness (QED) is 0.270. The molecule has 26 heavy (non-hydrogen) atoms. The van der Waals surface area contributed by atoms with Crippen LogP contribution in [0.3, 0.4) is 0 Å². The van der Waals surface area contributed by atoms with Gasteiger partial charge < -0.3 is 10.2 Å². The number of aliphatic imine (C=N–C) groups is 1. The van der Waals surface area contributed by atoms with Gasteiger partial charge in [-0.2, -0.15) is 0 Å². The van der Waals surface area contributed by atoms with Crippen LogP contribution in [-0.2, 0) is 0 Å². The zero-order valence-electron chi connectivity index (χ0n) is 14.6. The number of aryl methyl sites for hydroxylation is 1. The Morgan fingerprint density at radius 2 is 1.69 bits per heavy atom. The van der Waals surface area contributed by atoms with E-state index in [-0.39, 0.29) is 11.5 Å². The minimum Gasteiger partial charge on any atom is -0.504 e. The van der Waals surface area contributed by atoms with Gasteiger partial charge in [0.05, 0.1) is 10.7 Å². The number of thiol groups is 1. The van der Waals surface area contributed by atoms with Crippen molar-refractivity contribution in [3.63, 3.8) is 0 Å². The fourth-order valence-corrected chi connectivity index (χ4v) is 3.24. The second-order valence-corrected chi connectivity index (χ2v) is 6.47. The van der Waals surface area contributed by atoms with Crippen molar-refractivity contribution < 1.29 is 10.2 Å². The van der Waals surface area contributed by atoms with Crippen molar-refractivity contribution in [3.05, 3.63) is 77.3 Å². The van der Waals surface area contributed by atoms with E-state index in [4.69, 9.17) is 0 Å². The zero-order valence-corrected chi connectivity index (χ0v) is 15.5. The number of benzene rings is 3. The van der Waals surface area contributed by atoms with E-state index in [1.165, 1.54) is 12.1 Å². The van der Waals surface area contributed by atoms with Gasteiger partial charge in [0.25, 0.3) is 0 Å². The first-order valence-corrected chi connectivity index (χ1v) is 8.54. The van der Waals surface area contributed by atoms with E-state index in [2.05, 4.69) is 24.2 Å². The number of phenols is 2. The molecule has 0 amide bonds. The molecule has 2 N–H and O–H groups in total. The third kappa shape index (κ3) is 3.13. The lowest BCUT2D eigenvalue weighted by atomic mass is 10.0. The number of anilines is 1. The molecule has 3 rings (SSSR count). The Morgan fingerprint density at radius 1 is 1.04 bits per heavy atom. The number of nitrogens with zero attached hydrogens (tertiary/aromatic N) is 2. The van der Waals surface area contributed by atoms with E-state index in [1.54, 1.807) is 7.05 Å². The molecule has 0 spiro atoms. The molecule has 0 heterocycles. The van der Waals surface area contributed by atoms with Crippen molar-refractivity contribution in [2.24, 2.45) is 4.99 Å². The van der Waals surface area contributed by atoms with Crippen molar-refractivity contribution in [3.8, 4) is 11.5 Å². The van der Waals surface area contributed by atoms with Crippen molar-refractivity contribution in [2.75, 3.05) is 11.9 Å². The van der Waals surface area contributed by atoms with Crippen LogP contribution in [0.2, 0.25) is 0 Å². The molecule has 0 aromatic heterocycles. The first-order chi connectivity index (χ1) is 12.4. The van der Waals surface area contributed by atoms with E-state index in [0.29, 0.717) is 16.4 Å². The smallest absolute Gasteiger partial charge is 0.158 e. The Morgan fingerprint density at radius 3 is 2.38 bits per heavy atom. The maximum Gasteiger partial charge on any atom is 0.158 e. The molecule has 0 saturated carbocycles. The molecular formula is C21H20N2O2S. The molecule has 0 aliphatic heterocycles. The summed E-state index contributed by atoms with van der Waals surface area (Å²) in [4.78, 5) is 6.27. The molecule has 132 valence electrons. The summed E-state index contributed by atoms with van der Waals surface area (Å²) in [7, 11) is 1.67. The SMILES string of the molecule is C=C(S)N(C(=NC)c1cc(O)c(O)cc1C)c1cccc2ccccc12. The molecule has 0 radical (unpaired) electrons. The highest BCUT2D eigenvalue weighted by molar-refractivity contribution is 7.84. The summed E-state index contributed by atoms with van der Waals surface area (Å²) >= 11 is 4.49. The molecule has 0 fully saturated rings. The summed E-state index contributed by atoms with van der Waals surface area (Å²) in [6.07, 6.45) is 0. The Labute approximate surface area is 158 Å². The molecule has 0 aliphatic carbocycles. The highest BCUT2D eigenvalue weighted by Gasteiger charge is 2.21. The highest BCUT2D eigenvalue weighted by Crippen LogP contribution is 2.34. The molecule has 3 aromatic rings. The van der Waals surface area contributed by atoms with Gasteiger partial charge in [-0.25, -0.2) is 0 Å². The monoisotopic (exact) mass is 364 g/mol. The van der Waals surface area contributed by atoms with Crippen LogP contribution >= 0.6 is 12.6 Å². The molecule has 3 aromatic carbocycles. The second-order valence-electron chi connectivity index (χ2n) is 5.95. The fraction of sp³-hybridized carbons (Fsp3) is 0.0952. The molecule has 0 bridgehead atoms. The maximum absolute atomic E-state index is 9.97. The summed E-state index contributed by atoms with van der Waals surface area (Å²) in [6.45, 7) is 5.85. The van der Waals surface area contributed by atoms with Gasteiger partial charge in [0, 0.05) is 18.0 Å². The van der Waals surface area contributed by atoms with Crippen molar-refractivity contribution in [2.45, 2.75) is 6.92 Å². The molecule has 4 nitrogen and oxygen atoms in total. The van der Waals surface area contributed by atoms with Crippen molar-refractivity contribution >= 4 is 34.9 Å². The van der Waals surface area contributed by atoms with Crippen LogP contribution in [0.1, 0.15) is 11.1 Å². The van der Waals surface area contributed by atoms with E-state index < -0.39 is 0 Å². The van der Waals surface area contributed by atoms with Gasteiger partial charge in [-0.15, -0.1) is 12.6 Å². The second kappa shape index (κ2) is 7.14. The lowest BCUT2D eigenvalue weighted by Crippen LogP contribution is -2.29. The van der Waals surface area contributed by atoms with Gasteiger partial charge in [-0.3, -0.25) is 9.89 Å². The first kappa shape index (κ1) is 17.9. The molecular weight excluding hydrogens is 344 g/mol. The third-order valence-corrected chi connectivity index (χ3v) is 4.45. The van der Waals surface area contributed by atoms with Gasteiger partial charge in [0.1, 0.15) is 5.84 Å². The van der Waals surface area contributed by atoms with Crippen molar-refractivity contribution in [1.82, 2.24) is 0 Å². The minimum atomic E-state index is -0.200. The van der Waals surface area contributed by atoms with Crippen LogP contribution in [-0.4, -0.2) is 23.1 Å². The summed E-state index contributed by atoms with van der Waals surface area (Å²) in [6, 6.07) is 17.0. The van der Waals surface area contributed by atoms with Gasteiger partial charge in [-0.05, 0) is 36.1 Å². The van der Waals surface area contributed by atoms with E-state index in [0.717, 1.165) is 22.0 Å². The molecule has 0 atom stereocenters. The third-order valence-electron chi connectivity index (χ3n) is 4.25. The lowest BCUT2D eigenvalue weighted by Gasteiger charge is -2.28. The number of amidine groups is 1. The van der Waals surface area contributed by atoms with Gasteiger partial charge in [0.15, 0.2) is 11.5 Å². The first-order valence-electron chi connectivity index (χ1n) is 8.09. The van der Waals surface area contributed by atoms with E-state index in [1.807, 2.05) is 54.3 Å². The van der Waals surface area contributed by atoms with E-state index >= 15 is 0 Å². The Balaban J connectivity index is 2.24. The number of phenolic OH excluding ortho intramolecular Hbond substituents is 2. The molecule has 0 aliphatic rings. The maximum atomic E-state index is 9.97. The molecule has 5 heteroatoms. The largest absolute Gasteiger partial charge is 0.504 e. The summed E-state index contributed by atoms with van der Waals surface area (Å²) in [5.74, 6) is 0.215. The zero-order chi connectivity index (χ0) is 18.8. The molecule has 0 saturated heterocycles. The normalized spacial score (nSPS) is 11.6. The number of hydrogen-bond donors (Lipinski definition) is 3. The van der Waals surface area contributed by atoms with Gasteiger partial charge in [0.2, 0.25) is 0 Å². The number of rotatable bonds is 3.